The highest BCUT2D eigenvalue weighted by Gasteiger charge is 2.27. The normalized spacial score (nSPS) is 26.7. The van der Waals surface area contributed by atoms with E-state index in [2.05, 4.69) is 24.3 Å². The highest BCUT2D eigenvalue weighted by molar-refractivity contribution is 5.74. The molecule has 92 valence electrons. The van der Waals surface area contributed by atoms with E-state index in [9.17, 15) is 4.79 Å². The first kappa shape index (κ1) is 11.7. The van der Waals surface area contributed by atoms with Crippen LogP contribution in [-0.4, -0.2) is 55.1 Å². The van der Waals surface area contributed by atoms with Crippen molar-refractivity contribution in [3.63, 3.8) is 0 Å². The molecule has 1 saturated heterocycles. The number of rotatable bonds is 2. The molecule has 1 aliphatic heterocycles. The number of hydrogen-bond donors (Lipinski definition) is 1. The molecule has 0 aromatic carbocycles. The summed E-state index contributed by atoms with van der Waals surface area (Å²) in [5.74, 6) is 0. The zero-order valence-corrected chi connectivity index (χ0v) is 10.4. The lowest BCUT2D eigenvalue weighted by atomic mass is 9.93. The van der Waals surface area contributed by atoms with Crippen LogP contribution in [-0.2, 0) is 0 Å². The predicted molar refractivity (Wildman–Crippen MR) is 64.5 cm³/mol. The van der Waals surface area contributed by atoms with Gasteiger partial charge in [-0.15, -0.1) is 0 Å². The van der Waals surface area contributed by atoms with Gasteiger partial charge in [0.1, 0.15) is 0 Å². The fraction of sp³-hybridized carbons (Fsp3) is 0.917. The number of nitrogens with zero attached hydrogens (tertiary/aromatic N) is 2. The molecule has 2 rings (SSSR count). The minimum atomic E-state index is 0.149. The Bertz CT molecular complexity index is 251. The van der Waals surface area contributed by atoms with Gasteiger partial charge in [-0.25, -0.2) is 4.79 Å². The number of urea groups is 1. The number of carbonyl (C=O) groups is 1. The van der Waals surface area contributed by atoms with Crippen LogP contribution in [0.15, 0.2) is 0 Å². The molecule has 1 unspecified atom stereocenters. The summed E-state index contributed by atoms with van der Waals surface area (Å²) in [4.78, 5) is 16.2. The van der Waals surface area contributed by atoms with Crippen LogP contribution >= 0.6 is 0 Å². The molecule has 0 aromatic rings. The molecule has 2 amide bonds. The molecule has 1 aliphatic carbocycles. The Morgan fingerprint density at radius 1 is 1.25 bits per heavy atom. The minimum Gasteiger partial charge on any atom is -0.335 e. The summed E-state index contributed by atoms with van der Waals surface area (Å²) in [7, 11) is 4.19. The first-order valence-corrected chi connectivity index (χ1v) is 6.38. The fourth-order valence-electron chi connectivity index (χ4n) is 2.38. The number of carbonyl (C=O) groups excluding carboxylic acids is 1. The largest absolute Gasteiger partial charge is 0.335 e. The Balaban J connectivity index is 1.80. The maximum absolute atomic E-state index is 12.0. The minimum absolute atomic E-state index is 0.149. The average Bonchev–Trinajstić information content (AvgIpc) is 2.23. The summed E-state index contributed by atoms with van der Waals surface area (Å²) in [5, 5.41) is 3.11. The molecule has 0 aromatic heterocycles. The number of amides is 2. The predicted octanol–water partition coefficient (Wildman–Crippen LogP) is 1.27. The van der Waals surface area contributed by atoms with Crippen molar-refractivity contribution in [2.45, 2.75) is 44.2 Å². The van der Waals surface area contributed by atoms with Crippen LogP contribution in [0.3, 0.4) is 0 Å². The van der Waals surface area contributed by atoms with Crippen LogP contribution in [0.4, 0.5) is 4.79 Å². The fourth-order valence-corrected chi connectivity index (χ4v) is 2.38. The third kappa shape index (κ3) is 2.67. The van der Waals surface area contributed by atoms with Gasteiger partial charge in [-0.05, 0) is 46.2 Å². The molecule has 16 heavy (non-hydrogen) atoms. The van der Waals surface area contributed by atoms with Crippen molar-refractivity contribution >= 4 is 6.03 Å². The van der Waals surface area contributed by atoms with Gasteiger partial charge in [-0.1, -0.05) is 0 Å². The van der Waals surface area contributed by atoms with E-state index >= 15 is 0 Å². The third-order valence-corrected chi connectivity index (χ3v) is 3.85. The molecule has 1 N–H and O–H groups in total. The summed E-state index contributed by atoms with van der Waals surface area (Å²) in [6.45, 7) is 1.80. The number of nitrogens with one attached hydrogen (secondary N) is 1. The Kier molecular flexibility index (Phi) is 3.69. The van der Waals surface area contributed by atoms with E-state index in [-0.39, 0.29) is 6.03 Å². The second kappa shape index (κ2) is 5.04. The van der Waals surface area contributed by atoms with Gasteiger partial charge in [-0.3, -0.25) is 0 Å². The first-order chi connectivity index (χ1) is 7.66. The Hall–Kier alpha value is -0.770. The van der Waals surface area contributed by atoms with Crippen LogP contribution in [0.2, 0.25) is 0 Å². The molecule has 1 saturated carbocycles. The lowest BCUT2D eigenvalue weighted by Crippen LogP contribution is -2.53. The van der Waals surface area contributed by atoms with Crippen LogP contribution in [0.25, 0.3) is 0 Å². The van der Waals surface area contributed by atoms with Crippen molar-refractivity contribution in [1.82, 2.24) is 15.1 Å². The smallest absolute Gasteiger partial charge is 0.317 e. The van der Waals surface area contributed by atoms with Gasteiger partial charge in [0, 0.05) is 25.2 Å². The second-order valence-corrected chi connectivity index (χ2v) is 5.28. The second-order valence-electron chi connectivity index (χ2n) is 5.28. The molecule has 2 aliphatic rings. The van der Waals surface area contributed by atoms with Gasteiger partial charge < -0.3 is 15.1 Å². The SMILES string of the molecule is CN(C)C1CCCN(C(=O)NC2CCC2)C1. The summed E-state index contributed by atoms with van der Waals surface area (Å²) in [6, 6.07) is 1.13. The Labute approximate surface area is 98.0 Å². The molecule has 1 atom stereocenters. The maximum Gasteiger partial charge on any atom is 0.317 e. The van der Waals surface area contributed by atoms with E-state index in [1.54, 1.807) is 0 Å². The zero-order valence-electron chi connectivity index (χ0n) is 10.4. The summed E-state index contributed by atoms with van der Waals surface area (Å²) < 4.78 is 0. The number of piperidine rings is 1. The van der Waals surface area contributed by atoms with Gasteiger partial charge in [0.25, 0.3) is 0 Å². The van der Waals surface area contributed by atoms with Crippen LogP contribution in [0, 0.1) is 0 Å². The monoisotopic (exact) mass is 225 g/mol. The van der Waals surface area contributed by atoms with Crippen molar-refractivity contribution in [3.8, 4) is 0 Å². The van der Waals surface area contributed by atoms with Gasteiger partial charge in [0.15, 0.2) is 0 Å². The molecule has 4 nitrogen and oxygen atoms in total. The van der Waals surface area contributed by atoms with Gasteiger partial charge in [-0.2, -0.15) is 0 Å². The highest BCUT2D eigenvalue weighted by Crippen LogP contribution is 2.19. The Morgan fingerprint density at radius 3 is 2.56 bits per heavy atom. The van der Waals surface area contributed by atoms with Crippen molar-refractivity contribution in [1.29, 1.82) is 0 Å². The topological polar surface area (TPSA) is 35.6 Å². The first-order valence-electron chi connectivity index (χ1n) is 6.38. The van der Waals surface area contributed by atoms with Gasteiger partial charge in [0.2, 0.25) is 0 Å². The number of likely N-dealkylation sites (tertiary alicyclic amines) is 1. The molecular weight excluding hydrogens is 202 g/mol. The van der Waals surface area contributed by atoms with Gasteiger partial charge >= 0.3 is 6.03 Å². The van der Waals surface area contributed by atoms with E-state index in [1.165, 1.54) is 12.8 Å². The summed E-state index contributed by atoms with van der Waals surface area (Å²) >= 11 is 0. The maximum atomic E-state index is 12.0. The van der Waals surface area contributed by atoms with E-state index in [0.717, 1.165) is 32.4 Å². The van der Waals surface area contributed by atoms with Crippen LogP contribution < -0.4 is 5.32 Å². The van der Waals surface area contributed by atoms with E-state index in [0.29, 0.717) is 12.1 Å². The highest BCUT2D eigenvalue weighted by atomic mass is 16.2. The quantitative estimate of drug-likeness (QED) is 0.768. The molecule has 0 spiro atoms. The lowest BCUT2D eigenvalue weighted by molar-refractivity contribution is 0.134. The number of hydrogen-bond acceptors (Lipinski definition) is 2. The van der Waals surface area contributed by atoms with Crippen LogP contribution in [0.1, 0.15) is 32.1 Å². The van der Waals surface area contributed by atoms with E-state index in [4.69, 9.17) is 0 Å². The number of likely N-dealkylation sites (N-methyl/N-ethyl adjacent to an activating group) is 1. The lowest BCUT2D eigenvalue weighted by Gasteiger charge is -2.37. The zero-order chi connectivity index (χ0) is 11.5. The summed E-state index contributed by atoms with van der Waals surface area (Å²) in [6.07, 6.45) is 5.93. The molecule has 4 heteroatoms. The molecule has 0 bridgehead atoms. The van der Waals surface area contributed by atoms with Crippen molar-refractivity contribution in [2.75, 3.05) is 27.2 Å². The summed E-state index contributed by atoms with van der Waals surface area (Å²) in [5.41, 5.74) is 0. The molecule has 0 radical (unpaired) electrons. The van der Waals surface area contributed by atoms with Crippen molar-refractivity contribution in [3.05, 3.63) is 0 Å². The standard InChI is InChI=1S/C12H23N3O/c1-14(2)11-7-4-8-15(9-11)12(16)13-10-5-3-6-10/h10-11H,3-9H2,1-2H3,(H,13,16). The van der Waals surface area contributed by atoms with E-state index < -0.39 is 0 Å². The van der Waals surface area contributed by atoms with E-state index in [1.807, 2.05) is 4.90 Å². The van der Waals surface area contributed by atoms with Crippen LogP contribution in [0.5, 0.6) is 0 Å². The molecule has 2 fully saturated rings. The van der Waals surface area contributed by atoms with Gasteiger partial charge in [0.05, 0.1) is 0 Å². The molecule has 1 heterocycles. The van der Waals surface area contributed by atoms with Crippen molar-refractivity contribution < 1.29 is 4.79 Å². The average molecular weight is 225 g/mol. The van der Waals surface area contributed by atoms with Crippen molar-refractivity contribution in [2.24, 2.45) is 0 Å². The molecular formula is C12H23N3O. The Morgan fingerprint density at radius 2 is 2.00 bits per heavy atom. The third-order valence-electron chi connectivity index (χ3n) is 3.85.